The monoisotopic (exact) mass is 446 g/mol. The second kappa shape index (κ2) is 7.29. The molecule has 3 saturated heterocycles. The Morgan fingerprint density at radius 1 is 1.29 bits per heavy atom. The third-order valence-corrected chi connectivity index (χ3v) is 7.12. The number of imide groups is 1. The van der Waals surface area contributed by atoms with Crippen LogP contribution in [0.15, 0.2) is 18.2 Å². The molecule has 4 aliphatic rings. The zero-order valence-corrected chi connectivity index (χ0v) is 17.5. The highest BCUT2D eigenvalue weighted by Crippen LogP contribution is 2.54. The van der Waals surface area contributed by atoms with E-state index in [9.17, 15) is 19.2 Å². The molecule has 1 aromatic carbocycles. The van der Waals surface area contributed by atoms with Crippen molar-refractivity contribution in [1.29, 1.82) is 0 Å². The first kappa shape index (κ1) is 20.4. The van der Waals surface area contributed by atoms with Gasteiger partial charge in [0.05, 0.1) is 24.5 Å². The molecule has 3 fully saturated rings. The van der Waals surface area contributed by atoms with E-state index in [-0.39, 0.29) is 31.4 Å². The maximum atomic E-state index is 13.6. The molecule has 4 heterocycles. The average Bonchev–Trinajstić information content (AvgIpc) is 3.46. The molecule has 5 atom stereocenters. The summed E-state index contributed by atoms with van der Waals surface area (Å²) in [7, 11) is 0. The van der Waals surface area contributed by atoms with Gasteiger partial charge in [0.25, 0.3) is 0 Å². The van der Waals surface area contributed by atoms with Crippen LogP contribution in [0, 0.1) is 11.8 Å². The summed E-state index contributed by atoms with van der Waals surface area (Å²) in [5, 5.41) is 6.49. The van der Waals surface area contributed by atoms with Gasteiger partial charge in [0, 0.05) is 35.3 Å². The summed E-state index contributed by atoms with van der Waals surface area (Å²) in [5.74, 6) is -3.36. The Balaban J connectivity index is 1.57. The number of carbonyl (C=O) groups is 4. The molecule has 0 bridgehead atoms. The van der Waals surface area contributed by atoms with E-state index in [1.165, 1.54) is 4.90 Å². The molecule has 0 aromatic heterocycles. The Morgan fingerprint density at radius 2 is 2.10 bits per heavy atom. The number of rotatable bonds is 5. The van der Waals surface area contributed by atoms with Crippen molar-refractivity contribution in [2.45, 2.75) is 43.4 Å². The molecule has 10 heteroatoms. The summed E-state index contributed by atoms with van der Waals surface area (Å²) in [6.45, 7) is 0.780. The minimum atomic E-state index is -1.43. The highest BCUT2D eigenvalue weighted by atomic mass is 35.5. The molecule has 0 radical (unpaired) electrons. The van der Waals surface area contributed by atoms with Gasteiger partial charge in [0.2, 0.25) is 23.6 Å². The number of hydrogen-bond acceptors (Lipinski definition) is 6. The van der Waals surface area contributed by atoms with Crippen LogP contribution in [0.5, 0.6) is 0 Å². The van der Waals surface area contributed by atoms with Crippen molar-refractivity contribution in [1.82, 2.24) is 10.2 Å². The Morgan fingerprint density at radius 3 is 2.81 bits per heavy atom. The fourth-order valence-electron chi connectivity index (χ4n) is 5.55. The first-order valence-corrected chi connectivity index (χ1v) is 10.8. The van der Waals surface area contributed by atoms with Crippen molar-refractivity contribution >= 4 is 40.9 Å². The third kappa shape index (κ3) is 2.98. The molecular formula is C21H23ClN4O5. The number of amides is 4. The molecule has 31 heavy (non-hydrogen) atoms. The summed E-state index contributed by atoms with van der Waals surface area (Å²) < 4.78 is 5.63. The van der Waals surface area contributed by atoms with Crippen LogP contribution < -0.4 is 16.4 Å². The van der Waals surface area contributed by atoms with E-state index in [4.69, 9.17) is 22.1 Å². The van der Waals surface area contributed by atoms with Crippen LogP contribution in [0.4, 0.5) is 5.69 Å². The lowest BCUT2D eigenvalue weighted by Crippen LogP contribution is -2.53. The Kier molecular flexibility index (Phi) is 4.80. The maximum absolute atomic E-state index is 13.6. The highest BCUT2D eigenvalue weighted by Gasteiger charge is 2.70. The van der Waals surface area contributed by atoms with Gasteiger partial charge in [-0.1, -0.05) is 11.6 Å². The number of halogens is 1. The first-order valence-electron chi connectivity index (χ1n) is 10.5. The van der Waals surface area contributed by atoms with E-state index in [2.05, 4.69) is 10.6 Å². The average molecular weight is 447 g/mol. The van der Waals surface area contributed by atoms with Crippen molar-refractivity contribution in [2.24, 2.45) is 17.6 Å². The Hall–Kier alpha value is -2.49. The maximum Gasteiger partial charge on any atom is 0.250 e. The number of primary amides is 1. The quantitative estimate of drug-likeness (QED) is 0.565. The number of nitrogens with zero attached hydrogens (tertiary/aromatic N) is 1. The van der Waals surface area contributed by atoms with Crippen LogP contribution in [-0.2, 0) is 29.5 Å². The van der Waals surface area contributed by atoms with Crippen LogP contribution in [-0.4, -0.2) is 53.8 Å². The smallest absolute Gasteiger partial charge is 0.250 e. The molecule has 9 nitrogen and oxygen atoms in total. The topological polar surface area (TPSA) is 131 Å². The van der Waals surface area contributed by atoms with Crippen LogP contribution >= 0.6 is 11.6 Å². The molecule has 4 aliphatic heterocycles. The Labute approximate surface area is 183 Å². The third-order valence-electron chi connectivity index (χ3n) is 6.88. The molecule has 4 amide bonds. The van der Waals surface area contributed by atoms with Gasteiger partial charge in [-0.2, -0.15) is 0 Å². The van der Waals surface area contributed by atoms with Gasteiger partial charge in [-0.05, 0) is 37.5 Å². The van der Waals surface area contributed by atoms with Crippen molar-refractivity contribution in [3.05, 3.63) is 28.8 Å². The molecule has 1 aromatic rings. The minimum Gasteiger partial charge on any atom is -0.376 e. The second-order valence-corrected chi connectivity index (χ2v) is 9.07. The number of carbonyl (C=O) groups excluding carboxylic acids is 4. The molecule has 0 unspecified atom stereocenters. The van der Waals surface area contributed by atoms with Gasteiger partial charge in [-0.15, -0.1) is 0 Å². The fourth-order valence-corrected chi connectivity index (χ4v) is 5.72. The van der Waals surface area contributed by atoms with E-state index >= 15 is 0 Å². The number of likely N-dealkylation sites (tertiary alicyclic amines) is 1. The number of hydrogen-bond donors (Lipinski definition) is 3. The van der Waals surface area contributed by atoms with Crippen LogP contribution in [0.1, 0.15) is 31.2 Å². The number of nitrogens with two attached hydrogens (primary N) is 1. The Bertz CT molecular complexity index is 994. The second-order valence-electron chi connectivity index (χ2n) is 8.63. The van der Waals surface area contributed by atoms with E-state index in [1.54, 1.807) is 18.2 Å². The molecule has 5 rings (SSSR count). The van der Waals surface area contributed by atoms with Crippen LogP contribution in [0.25, 0.3) is 0 Å². The number of nitrogens with one attached hydrogen (secondary N) is 2. The summed E-state index contributed by atoms with van der Waals surface area (Å²) >= 11 is 6.21. The van der Waals surface area contributed by atoms with Gasteiger partial charge in [-0.25, -0.2) is 0 Å². The molecule has 0 saturated carbocycles. The largest absolute Gasteiger partial charge is 0.376 e. The zero-order chi connectivity index (χ0) is 21.9. The number of ether oxygens (including phenoxy) is 1. The normalized spacial score (nSPS) is 33.8. The van der Waals surface area contributed by atoms with Crippen LogP contribution in [0.3, 0.4) is 0 Å². The fraction of sp³-hybridized carbons (Fsp3) is 0.524. The van der Waals surface area contributed by atoms with Gasteiger partial charge < -0.3 is 15.8 Å². The van der Waals surface area contributed by atoms with E-state index < -0.39 is 41.1 Å². The van der Waals surface area contributed by atoms with Crippen molar-refractivity contribution < 1.29 is 23.9 Å². The lowest BCUT2D eigenvalue weighted by molar-refractivity contribution is -0.144. The molecule has 164 valence electrons. The van der Waals surface area contributed by atoms with Crippen molar-refractivity contribution in [2.75, 3.05) is 18.5 Å². The zero-order valence-electron chi connectivity index (χ0n) is 16.7. The van der Waals surface area contributed by atoms with Gasteiger partial charge in [0.1, 0.15) is 5.54 Å². The van der Waals surface area contributed by atoms with E-state index in [0.29, 0.717) is 22.9 Å². The van der Waals surface area contributed by atoms with Crippen molar-refractivity contribution in [3.63, 3.8) is 0 Å². The molecular weight excluding hydrogens is 424 g/mol. The predicted octanol–water partition coefficient (Wildman–Crippen LogP) is 0.505. The summed E-state index contributed by atoms with van der Waals surface area (Å²) in [4.78, 5) is 52.9. The number of benzene rings is 1. The summed E-state index contributed by atoms with van der Waals surface area (Å²) in [6.07, 6.45) is 1.75. The van der Waals surface area contributed by atoms with E-state index in [1.807, 2.05) is 0 Å². The van der Waals surface area contributed by atoms with Gasteiger partial charge >= 0.3 is 0 Å². The summed E-state index contributed by atoms with van der Waals surface area (Å²) in [6, 6.07) is 4.43. The number of fused-ring (bicyclic) bond motifs is 4. The van der Waals surface area contributed by atoms with Gasteiger partial charge in [0.15, 0.2) is 0 Å². The van der Waals surface area contributed by atoms with Crippen molar-refractivity contribution in [3.8, 4) is 0 Å². The van der Waals surface area contributed by atoms with Gasteiger partial charge in [-0.3, -0.25) is 29.4 Å². The minimum absolute atomic E-state index is 0.0359. The number of anilines is 1. The lowest BCUT2D eigenvalue weighted by atomic mass is 9.76. The molecule has 0 aliphatic carbocycles. The predicted molar refractivity (Wildman–Crippen MR) is 110 cm³/mol. The van der Waals surface area contributed by atoms with E-state index in [0.717, 1.165) is 12.8 Å². The summed E-state index contributed by atoms with van der Waals surface area (Å²) in [5.41, 5.74) is 5.00. The first-order chi connectivity index (χ1) is 14.8. The molecule has 4 N–H and O–H groups in total. The lowest BCUT2D eigenvalue weighted by Gasteiger charge is -2.30. The SMILES string of the molecule is NC(=O)CC[C@@H]1N[C@@]2(C(=O)Nc3ccc(Cl)cc32)[C@H]2C(=O)N(C[C@@H]3CCCO3)C(=O)[C@H]12. The molecule has 1 spiro atoms. The van der Waals surface area contributed by atoms with Crippen LogP contribution in [0.2, 0.25) is 5.02 Å². The highest BCUT2D eigenvalue weighted by molar-refractivity contribution is 6.31. The standard InChI is InChI=1S/C21H23ClN4O5/c22-10-3-4-13-12(8-10)21(20(30)24-13)17-16(14(25-21)5-6-15(23)27)18(28)26(19(17)29)9-11-2-1-7-31-11/h3-4,8,11,14,16-17,25H,1-2,5-7,9H2,(H2,23,27)(H,24,30)/t11-,14-,16+,17+,21+/m0/s1.